The van der Waals surface area contributed by atoms with Crippen LogP contribution in [0.3, 0.4) is 0 Å². The number of rotatable bonds is 4. The molecule has 0 aliphatic carbocycles. The van der Waals surface area contributed by atoms with Gasteiger partial charge in [-0.25, -0.2) is 4.99 Å². The van der Waals surface area contributed by atoms with Crippen LogP contribution in [-0.2, 0) is 11.3 Å². The minimum atomic E-state index is 0.278. The van der Waals surface area contributed by atoms with E-state index in [9.17, 15) is 0 Å². The molecule has 3 N–H and O–H groups in total. The van der Waals surface area contributed by atoms with Gasteiger partial charge in [0.2, 0.25) is 0 Å². The van der Waals surface area contributed by atoms with Crippen LogP contribution >= 0.6 is 22.9 Å². The Morgan fingerprint density at radius 3 is 3.18 bits per heavy atom. The summed E-state index contributed by atoms with van der Waals surface area (Å²) in [6.45, 7) is 2.17. The van der Waals surface area contributed by atoms with Crippen LogP contribution in [-0.4, -0.2) is 25.2 Å². The van der Waals surface area contributed by atoms with Crippen LogP contribution in [0.25, 0.3) is 0 Å². The van der Waals surface area contributed by atoms with Gasteiger partial charge < -0.3 is 15.8 Å². The third-order valence-electron chi connectivity index (χ3n) is 2.57. The number of halogens is 1. The average molecular weight is 274 g/mol. The monoisotopic (exact) mass is 273 g/mol. The molecule has 1 aromatic rings. The smallest absolute Gasteiger partial charge is 0.189 e. The van der Waals surface area contributed by atoms with E-state index in [4.69, 9.17) is 22.1 Å². The summed E-state index contributed by atoms with van der Waals surface area (Å²) in [5, 5.41) is 3.08. The SMILES string of the molecule is NC(=NCc1ccc(Cl)s1)NCC1CCCO1. The summed E-state index contributed by atoms with van der Waals surface area (Å²) >= 11 is 7.35. The number of nitrogens with zero attached hydrogens (tertiary/aromatic N) is 1. The molecule has 0 amide bonds. The molecule has 1 aromatic heterocycles. The molecular weight excluding hydrogens is 258 g/mol. The fourth-order valence-corrected chi connectivity index (χ4v) is 2.69. The van der Waals surface area contributed by atoms with Crippen LogP contribution in [0.5, 0.6) is 0 Å². The first-order valence-corrected chi connectivity index (χ1v) is 6.83. The van der Waals surface area contributed by atoms with Gasteiger partial charge in [-0.1, -0.05) is 11.6 Å². The van der Waals surface area contributed by atoms with Crippen molar-refractivity contribution < 1.29 is 4.74 Å². The number of nitrogens with one attached hydrogen (secondary N) is 1. The van der Waals surface area contributed by atoms with E-state index in [1.807, 2.05) is 12.1 Å². The third-order valence-corrected chi connectivity index (χ3v) is 3.78. The Morgan fingerprint density at radius 1 is 1.65 bits per heavy atom. The zero-order valence-corrected chi connectivity index (χ0v) is 11.1. The Kier molecular flexibility index (Phi) is 4.65. The molecule has 0 bridgehead atoms. The van der Waals surface area contributed by atoms with Crippen molar-refractivity contribution in [2.75, 3.05) is 13.2 Å². The van der Waals surface area contributed by atoms with Crippen LogP contribution in [0.4, 0.5) is 0 Å². The molecule has 2 rings (SSSR count). The van der Waals surface area contributed by atoms with Crippen molar-refractivity contribution in [1.29, 1.82) is 0 Å². The van der Waals surface area contributed by atoms with Crippen molar-refractivity contribution in [3.63, 3.8) is 0 Å². The Labute approximate surface area is 110 Å². The molecule has 1 saturated heterocycles. The maximum absolute atomic E-state index is 5.83. The second-order valence-corrected chi connectivity index (χ2v) is 5.72. The van der Waals surface area contributed by atoms with Crippen LogP contribution < -0.4 is 11.1 Å². The molecule has 1 atom stereocenters. The van der Waals surface area contributed by atoms with E-state index in [1.54, 1.807) is 0 Å². The summed E-state index contributed by atoms with van der Waals surface area (Å²) in [5.41, 5.74) is 5.76. The minimum absolute atomic E-state index is 0.278. The molecule has 6 heteroatoms. The van der Waals surface area contributed by atoms with E-state index in [1.165, 1.54) is 11.3 Å². The molecule has 0 aromatic carbocycles. The normalized spacial score (nSPS) is 20.8. The zero-order chi connectivity index (χ0) is 12.1. The lowest BCUT2D eigenvalue weighted by molar-refractivity contribution is 0.114. The molecule has 4 nitrogen and oxygen atoms in total. The minimum Gasteiger partial charge on any atom is -0.376 e. The fraction of sp³-hybridized carbons (Fsp3) is 0.545. The topological polar surface area (TPSA) is 59.6 Å². The van der Waals surface area contributed by atoms with Gasteiger partial charge in [-0.15, -0.1) is 11.3 Å². The van der Waals surface area contributed by atoms with Crippen LogP contribution in [0.15, 0.2) is 17.1 Å². The fourth-order valence-electron chi connectivity index (χ4n) is 1.68. The number of nitrogens with two attached hydrogens (primary N) is 1. The molecule has 0 radical (unpaired) electrons. The largest absolute Gasteiger partial charge is 0.376 e. The lowest BCUT2D eigenvalue weighted by Crippen LogP contribution is -2.37. The molecule has 2 heterocycles. The summed E-state index contributed by atoms with van der Waals surface area (Å²) in [5.74, 6) is 0.463. The molecule has 94 valence electrons. The van der Waals surface area contributed by atoms with Crippen molar-refractivity contribution in [2.24, 2.45) is 10.7 Å². The van der Waals surface area contributed by atoms with E-state index in [2.05, 4.69) is 10.3 Å². The molecule has 1 unspecified atom stereocenters. The number of thiophene rings is 1. The first-order valence-electron chi connectivity index (χ1n) is 5.63. The van der Waals surface area contributed by atoms with Crippen LogP contribution in [0, 0.1) is 0 Å². The van der Waals surface area contributed by atoms with Gasteiger partial charge in [0.1, 0.15) is 0 Å². The van der Waals surface area contributed by atoms with Gasteiger partial charge in [0.25, 0.3) is 0 Å². The van der Waals surface area contributed by atoms with E-state index in [-0.39, 0.29) is 6.10 Å². The zero-order valence-electron chi connectivity index (χ0n) is 9.49. The standard InChI is InChI=1S/C11H16ClN3OS/c12-10-4-3-9(17-10)7-15-11(13)14-6-8-2-1-5-16-8/h3-4,8H,1-2,5-7H2,(H3,13,14,15). The van der Waals surface area contributed by atoms with Gasteiger partial charge in [0.05, 0.1) is 17.0 Å². The van der Waals surface area contributed by atoms with Crippen molar-refractivity contribution in [2.45, 2.75) is 25.5 Å². The van der Waals surface area contributed by atoms with E-state index >= 15 is 0 Å². The van der Waals surface area contributed by atoms with Crippen LogP contribution in [0.1, 0.15) is 17.7 Å². The van der Waals surface area contributed by atoms with E-state index in [0.717, 1.165) is 35.2 Å². The maximum Gasteiger partial charge on any atom is 0.189 e. The Morgan fingerprint density at radius 2 is 2.53 bits per heavy atom. The second-order valence-electron chi connectivity index (χ2n) is 3.92. The highest BCUT2D eigenvalue weighted by atomic mass is 35.5. The van der Waals surface area contributed by atoms with Gasteiger partial charge in [0, 0.05) is 18.0 Å². The third kappa shape index (κ3) is 4.18. The van der Waals surface area contributed by atoms with Crippen LogP contribution in [0.2, 0.25) is 4.34 Å². The van der Waals surface area contributed by atoms with Crippen molar-refractivity contribution in [3.05, 3.63) is 21.3 Å². The maximum atomic E-state index is 5.83. The number of aliphatic imine (C=N–C) groups is 1. The summed E-state index contributed by atoms with van der Waals surface area (Å²) in [4.78, 5) is 5.36. The average Bonchev–Trinajstić information content (AvgIpc) is 2.95. The highest BCUT2D eigenvalue weighted by molar-refractivity contribution is 7.16. The van der Waals surface area contributed by atoms with Gasteiger partial charge in [-0.2, -0.15) is 0 Å². The summed E-state index contributed by atoms with van der Waals surface area (Å²) < 4.78 is 6.26. The predicted molar refractivity (Wildman–Crippen MR) is 71.6 cm³/mol. The Hall–Kier alpha value is -0.780. The summed E-state index contributed by atoms with van der Waals surface area (Å²) in [6, 6.07) is 3.83. The quantitative estimate of drug-likeness (QED) is 0.651. The molecule has 1 fully saturated rings. The highest BCUT2D eigenvalue weighted by Gasteiger charge is 2.14. The van der Waals surface area contributed by atoms with Gasteiger partial charge in [-0.05, 0) is 25.0 Å². The van der Waals surface area contributed by atoms with E-state index in [0.29, 0.717) is 12.5 Å². The Bertz CT molecular complexity index is 388. The summed E-state index contributed by atoms with van der Waals surface area (Å²) in [7, 11) is 0. The first kappa shape index (κ1) is 12.7. The highest BCUT2D eigenvalue weighted by Crippen LogP contribution is 2.21. The van der Waals surface area contributed by atoms with Gasteiger partial charge >= 0.3 is 0 Å². The van der Waals surface area contributed by atoms with Crippen molar-refractivity contribution in [1.82, 2.24) is 5.32 Å². The van der Waals surface area contributed by atoms with E-state index < -0.39 is 0 Å². The Balaban J connectivity index is 1.73. The van der Waals surface area contributed by atoms with Gasteiger partial charge in [-0.3, -0.25) is 0 Å². The summed E-state index contributed by atoms with van der Waals surface area (Å²) in [6.07, 6.45) is 2.51. The van der Waals surface area contributed by atoms with Crippen molar-refractivity contribution >= 4 is 28.9 Å². The number of hydrogen-bond acceptors (Lipinski definition) is 3. The molecule has 17 heavy (non-hydrogen) atoms. The number of ether oxygens (including phenoxy) is 1. The number of guanidine groups is 1. The lowest BCUT2D eigenvalue weighted by Gasteiger charge is -2.10. The lowest BCUT2D eigenvalue weighted by atomic mass is 10.2. The molecule has 0 spiro atoms. The van der Waals surface area contributed by atoms with Gasteiger partial charge in [0.15, 0.2) is 5.96 Å². The van der Waals surface area contributed by atoms with Crippen molar-refractivity contribution in [3.8, 4) is 0 Å². The first-order chi connectivity index (χ1) is 8.24. The predicted octanol–water partition coefficient (Wildman–Crippen LogP) is 1.98. The second kappa shape index (κ2) is 6.23. The number of hydrogen-bond donors (Lipinski definition) is 2. The molecular formula is C11H16ClN3OS. The molecule has 1 aliphatic heterocycles. The molecule has 0 saturated carbocycles. The molecule has 1 aliphatic rings.